The predicted molar refractivity (Wildman–Crippen MR) is 89.1 cm³/mol. The monoisotopic (exact) mass is 294 g/mol. The Hall–Kier alpha value is -1.16. The van der Waals surface area contributed by atoms with Crippen molar-refractivity contribution in [2.45, 2.75) is 38.6 Å². The Morgan fingerprint density at radius 2 is 1.90 bits per heavy atom. The van der Waals surface area contributed by atoms with E-state index in [0.717, 1.165) is 23.4 Å². The molecule has 0 saturated carbocycles. The van der Waals surface area contributed by atoms with Crippen LogP contribution in [0.2, 0.25) is 0 Å². The molecule has 0 saturated heterocycles. The van der Waals surface area contributed by atoms with Gasteiger partial charge in [-0.3, -0.25) is 4.79 Å². The van der Waals surface area contributed by atoms with Gasteiger partial charge in [-0.2, -0.15) is 11.8 Å². The topological polar surface area (TPSA) is 46.3 Å². The molecule has 0 aromatic heterocycles. The molecule has 20 heavy (non-hydrogen) atoms. The van der Waals surface area contributed by atoms with E-state index in [0.29, 0.717) is 0 Å². The van der Waals surface area contributed by atoms with E-state index >= 15 is 0 Å². The summed E-state index contributed by atoms with van der Waals surface area (Å²) in [6.07, 6.45) is 3.11. The molecule has 3 nitrogen and oxygen atoms in total. The maximum absolute atomic E-state index is 12.7. The molecule has 4 heteroatoms. The van der Waals surface area contributed by atoms with Crippen LogP contribution in [0.3, 0.4) is 0 Å². The summed E-state index contributed by atoms with van der Waals surface area (Å²) in [5.41, 5.74) is 6.90. The lowest BCUT2D eigenvalue weighted by molar-refractivity contribution is -0.136. The Kier molecular flexibility index (Phi) is 5.93. The molecule has 0 aliphatic rings. The fraction of sp³-hybridized carbons (Fsp3) is 0.562. The van der Waals surface area contributed by atoms with Crippen molar-refractivity contribution >= 4 is 23.4 Å². The minimum absolute atomic E-state index is 0.149. The molecular weight excluding hydrogens is 268 g/mol. The first-order valence-corrected chi connectivity index (χ1v) is 8.32. The highest BCUT2D eigenvalue weighted by molar-refractivity contribution is 7.98. The molecule has 112 valence electrons. The summed E-state index contributed by atoms with van der Waals surface area (Å²) < 4.78 is 0. The Balaban J connectivity index is 2.85. The molecule has 0 aliphatic heterocycles. The molecule has 1 aromatic carbocycles. The van der Waals surface area contributed by atoms with E-state index in [-0.39, 0.29) is 11.9 Å². The third kappa shape index (κ3) is 3.92. The molecule has 0 spiro atoms. The van der Waals surface area contributed by atoms with Crippen molar-refractivity contribution in [3.05, 3.63) is 29.8 Å². The van der Waals surface area contributed by atoms with Gasteiger partial charge in [0.25, 0.3) is 0 Å². The molecule has 1 aromatic rings. The quantitative estimate of drug-likeness (QED) is 0.820. The first kappa shape index (κ1) is 16.9. The minimum Gasteiger partial charge on any atom is -0.399 e. The Labute approximate surface area is 126 Å². The first-order valence-electron chi connectivity index (χ1n) is 6.93. The summed E-state index contributed by atoms with van der Waals surface area (Å²) in [6, 6.07) is 7.83. The number of hydrogen-bond acceptors (Lipinski definition) is 3. The third-order valence-electron chi connectivity index (χ3n) is 3.89. The summed E-state index contributed by atoms with van der Waals surface area (Å²) >= 11 is 1.81. The molecule has 1 unspecified atom stereocenters. The van der Waals surface area contributed by atoms with Crippen LogP contribution in [0.5, 0.6) is 0 Å². The Morgan fingerprint density at radius 3 is 2.40 bits per heavy atom. The fourth-order valence-electron chi connectivity index (χ4n) is 2.15. The van der Waals surface area contributed by atoms with Gasteiger partial charge in [-0.05, 0) is 56.9 Å². The van der Waals surface area contributed by atoms with Gasteiger partial charge in [0.1, 0.15) is 0 Å². The Bertz CT molecular complexity index is 442. The lowest BCUT2D eigenvalue weighted by Crippen LogP contribution is -2.45. The molecule has 1 atom stereocenters. The normalized spacial score (nSPS) is 13.1. The molecule has 1 amide bonds. The van der Waals surface area contributed by atoms with E-state index in [4.69, 9.17) is 5.73 Å². The van der Waals surface area contributed by atoms with Gasteiger partial charge >= 0.3 is 0 Å². The van der Waals surface area contributed by atoms with E-state index in [1.165, 1.54) is 0 Å². The summed E-state index contributed by atoms with van der Waals surface area (Å²) in [5.74, 6) is 1.22. The van der Waals surface area contributed by atoms with Crippen molar-refractivity contribution in [3.63, 3.8) is 0 Å². The zero-order chi connectivity index (χ0) is 15.3. The average Bonchev–Trinajstić information content (AvgIpc) is 2.43. The molecule has 0 bridgehead atoms. The number of likely N-dealkylation sites (N-methyl/N-ethyl adjacent to an activating group) is 1. The highest BCUT2D eigenvalue weighted by Gasteiger charge is 2.33. The lowest BCUT2D eigenvalue weighted by atomic mass is 9.83. The number of nitrogens with two attached hydrogens (primary N) is 1. The van der Waals surface area contributed by atoms with Gasteiger partial charge in [-0.1, -0.05) is 12.1 Å². The summed E-state index contributed by atoms with van der Waals surface area (Å²) in [6.45, 7) is 6.05. The number of carbonyl (C=O) groups excluding carboxylic acids is 1. The van der Waals surface area contributed by atoms with Crippen LogP contribution in [0.4, 0.5) is 5.69 Å². The summed E-state index contributed by atoms with van der Waals surface area (Å²) in [7, 11) is 1.90. The number of benzene rings is 1. The molecule has 0 radical (unpaired) electrons. The van der Waals surface area contributed by atoms with Crippen LogP contribution >= 0.6 is 11.8 Å². The van der Waals surface area contributed by atoms with Gasteiger partial charge in [0.05, 0.1) is 5.41 Å². The Morgan fingerprint density at radius 1 is 1.35 bits per heavy atom. The average molecular weight is 294 g/mol. The second-order valence-corrected chi connectivity index (χ2v) is 6.78. The van der Waals surface area contributed by atoms with Gasteiger partial charge < -0.3 is 10.6 Å². The fourth-order valence-corrected chi connectivity index (χ4v) is 2.72. The van der Waals surface area contributed by atoms with Crippen molar-refractivity contribution in [2.24, 2.45) is 0 Å². The minimum atomic E-state index is -0.532. The van der Waals surface area contributed by atoms with Crippen molar-refractivity contribution in [3.8, 4) is 0 Å². The van der Waals surface area contributed by atoms with Crippen LogP contribution in [0.15, 0.2) is 24.3 Å². The highest BCUT2D eigenvalue weighted by Crippen LogP contribution is 2.27. The number of carbonyl (C=O) groups is 1. The third-order valence-corrected chi connectivity index (χ3v) is 4.53. The number of rotatable bonds is 6. The van der Waals surface area contributed by atoms with Crippen molar-refractivity contribution in [2.75, 3.05) is 24.8 Å². The molecule has 0 heterocycles. The van der Waals surface area contributed by atoms with Gasteiger partial charge in [-0.25, -0.2) is 0 Å². The van der Waals surface area contributed by atoms with Gasteiger partial charge in [0.15, 0.2) is 0 Å². The number of nitrogen functional groups attached to an aromatic ring is 1. The molecule has 2 N–H and O–H groups in total. The standard InChI is InChI=1S/C16H26N2OS/c1-12(10-11-20-5)18(4)15(19)16(2,3)13-6-8-14(17)9-7-13/h6-9,12H,10-11,17H2,1-5H3. The number of nitrogens with zero attached hydrogens (tertiary/aromatic N) is 1. The van der Waals surface area contributed by atoms with Crippen molar-refractivity contribution in [1.29, 1.82) is 0 Å². The maximum Gasteiger partial charge on any atom is 0.232 e. The SMILES string of the molecule is CSCCC(C)N(C)C(=O)C(C)(C)c1ccc(N)cc1. The van der Waals surface area contributed by atoms with Crippen LogP contribution in [0, 0.1) is 0 Å². The van der Waals surface area contributed by atoms with Gasteiger partial charge in [-0.15, -0.1) is 0 Å². The molecule has 0 fully saturated rings. The summed E-state index contributed by atoms with van der Waals surface area (Å²) in [5, 5.41) is 0. The van der Waals surface area contributed by atoms with Crippen molar-refractivity contribution in [1.82, 2.24) is 4.90 Å². The van der Waals surface area contributed by atoms with E-state index in [9.17, 15) is 4.79 Å². The maximum atomic E-state index is 12.7. The molecule has 0 aliphatic carbocycles. The van der Waals surface area contributed by atoms with E-state index in [2.05, 4.69) is 13.2 Å². The number of amides is 1. The van der Waals surface area contributed by atoms with E-state index < -0.39 is 5.41 Å². The van der Waals surface area contributed by atoms with Gasteiger partial charge in [0, 0.05) is 18.8 Å². The predicted octanol–water partition coefficient (Wildman–Crippen LogP) is 3.15. The zero-order valence-electron chi connectivity index (χ0n) is 13.1. The zero-order valence-corrected chi connectivity index (χ0v) is 14.0. The van der Waals surface area contributed by atoms with Crippen molar-refractivity contribution < 1.29 is 4.79 Å². The van der Waals surface area contributed by atoms with E-state index in [1.807, 2.05) is 61.8 Å². The largest absolute Gasteiger partial charge is 0.399 e. The first-order chi connectivity index (χ1) is 9.30. The van der Waals surface area contributed by atoms with Crippen LogP contribution < -0.4 is 5.73 Å². The van der Waals surface area contributed by atoms with Crippen LogP contribution in [0.25, 0.3) is 0 Å². The second kappa shape index (κ2) is 7.02. The van der Waals surface area contributed by atoms with Gasteiger partial charge in [0.2, 0.25) is 5.91 Å². The molecule has 1 rings (SSSR count). The summed E-state index contributed by atoms with van der Waals surface area (Å²) in [4.78, 5) is 14.6. The van der Waals surface area contributed by atoms with Crippen LogP contribution in [-0.4, -0.2) is 35.9 Å². The van der Waals surface area contributed by atoms with E-state index in [1.54, 1.807) is 0 Å². The number of hydrogen-bond donors (Lipinski definition) is 1. The smallest absolute Gasteiger partial charge is 0.232 e. The number of thioether (sulfide) groups is 1. The van der Waals surface area contributed by atoms with Crippen LogP contribution in [-0.2, 0) is 10.2 Å². The molecular formula is C16H26N2OS. The highest BCUT2D eigenvalue weighted by atomic mass is 32.2. The second-order valence-electron chi connectivity index (χ2n) is 5.79. The lowest BCUT2D eigenvalue weighted by Gasteiger charge is -2.33. The van der Waals surface area contributed by atoms with Crippen LogP contribution in [0.1, 0.15) is 32.8 Å². The number of anilines is 1.